The van der Waals surface area contributed by atoms with Gasteiger partial charge in [0.2, 0.25) is 5.91 Å². The van der Waals surface area contributed by atoms with E-state index in [0.717, 1.165) is 12.1 Å². The molecule has 0 radical (unpaired) electrons. The molecule has 3 rings (SSSR count). The molecule has 0 aliphatic heterocycles. The van der Waals surface area contributed by atoms with E-state index in [9.17, 15) is 18.4 Å². The summed E-state index contributed by atoms with van der Waals surface area (Å²) >= 11 is 3.24. The van der Waals surface area contributed by atoms with Crippen LogP contribution < -0.4 is 21.3 Å². The largest absolute Gasteiger partial charge is 0.487 e. The number of nitrogens with one attached hydrogen (secondary N) is 1. The van der Waals surface area contributed by atoms with Gasteiger partial charge in [-0.25, -0.2) is 8.78 Å². The van der Waals surface area contributed by atoms with Gasteiger partial charge in [0.05, 0.1) is 36.9 Å². The molecule has 0 aliphatic carbocycles. The molecule has 1 aromatic carbocycles. The summed E-state index contributed by atoms with van der Waals surface area (Å²) in [7, 11) is 0. The SMILES string of the molecule is Cc1cc(OCc2ccc(F)cc2F)c(Br)c(=O)n1Cc1cnc(CNCC(N)=O)cn1.Cl. The van der Waals surface area contributed by atoms with Crippen LogP contribution in [0, 0.1) is 18.6 Å². The Morgan fingerprint density at radius 3 is 2.55 bits per heavy atom. The van der Waals surface area contributed by atoms with Gasteiger partial charge in [-0.1, -0.05) is 0 Å². The highest BCUT2D eigenvalue weighted by atomic mass is 79.9. The van der Waals surface area contributed by atoms with Gasteiger partial charge in [-0.15, -0.1) is 12.4 Å². The van der Waals surface area contributed by atoms with Crippen molar-refractivity contribution in [2.75, 3.05) is 6.54 Å². The molecule has 0 aliphatic rings. The topological polar surface area (TPSA) is 112 Å². The summed E-state index contributed by atoms with van der Waals surface area (Å²) in [6.07, 6.45) is 3.09. The number of benzene rings is 1. The summed E-state index contributed by atoms with van der Waals surface area (Å²) in [6.45, 7) is 2.12. The lowest BCUT2D eigenvalue weighted by Crippen LogP contribution is -2.28. The molecular weight excluding hydrogens is 524 g/mol. The Bertz CT molecular complexity index is 1190. The molecule has 3 aromatic rings. The lowest BCUT2D eigenvalue weighted by molar-refractivity contribution is -0.117. The number of nitrogens with two attached hydrogens (primary N) is 1. The van der Waals surface area contributed by atoms with Gasteiger partial charge in [0, 0.05) is 29.9 Å². The summed E-state index contributed by atoms with van der Waals surface area (Å²) in [5.41, 5.74) is 6.66. The second-order valence-electron chi connectivity index (χ2n) is 6.95. The fourth-order valence-corrected chi connectivity index (χ4v) is 3.28. The maximum absolute atomic E-state index is 13.8. The number of halogens is 4. The molecule has 0 saturated heterocycles. The number of aryl methyl sites for hydroxylation is 1. The monoisotopic (exact) mass is 543 g/mol. The minimum Gasteiger partial charge on any atom is -0.487 e. The first kappa shape index (κ1) is 26.4. The van der Waals surface area contributed by atoms with E-state index in [0.29, 0.717) is 23.6 Å². The second kappa shape index (κ2) is 11.8. The molecule has 0 saturated carbocycles. The third kappa shape index (κ3) is 7.04. The third-order valence-corrected chi connectivity index (χ3v) is 5.23. The van der Waals surface area contributed by atoms with E-state index in [1.165, 1.54) is 10.6 Å². The summed E-state index contributed by atoms with van der Waals surface area (Å²) in [4.78, 5) is 32.1. The van der Waals surface area contributed by atoms with E-state index < -0.39 is 17.5 Å². The van der Waals surface area contributed by atoms with Crippen molar-refractivity contribution in [1.82, 2.24) is 19.9 Å². The summed E-state index contributed by atoms with van der Waals surface area (Å²) in [5.74, 6) is -1.62. The van der Waals surface area contributed by atoms with Gasteiger partial charge in [-0.2, -0.15) is 0 Å². The van der Waals surface area contributed by atoms with Gasteiger partial charge >= 0.3 is 0 Å². The molecule has 2 heterocycles. The molecule has 176 valence electrons. The Morgan fingerprint density at radius 2 is 1.91 bits per heavy atom. The first-order chi connectivity index (χ1) is 15.2. The number of primary amides is 1. The van der Waals surface area contributed by atoms with E-state index in [4.69, 9.17) is 10.5 Å². The summed E-state index contributed by atoms with van der Waals surface area (Å²) in [6, 6.07) is 4.85. The second-order valence-corrected chi connectivity index (χ2v) is 7.74. The molecular formula is C21H21BrClF2N5O3. The van der Waals surface area contributed by atoms with Crippen molar-refractivity contribution in [1.29, 1.82) is 0 Å². The Kier molecular flexibility index (Phi) is 9.44. The van der Waals surface area contributed by atoms with Gasteiger partial charge in [0.25, 0.3) is 5.56 Å². The molecule has 1 amide bonds. The summed E-state index contributed by atoms with van der Waals surface area (Å²) < 4.78 is 34.1. The van der Waals surface area contributed by atoms with Crippen molar-refractivity contribution in [3.63, 3.8) is 0 Å². The average Bonchev–Trinajstić information content (AvgIpc) is 2.74. The minimum absolute atomic E-state index is 0. The van der Waals surface area contributed by atoms with Crippen molar-refractivity contribution in [2.24, 2.45) is 5.73 Å². The van der Waals surface area contributed by atoms with Crippen LogP contribution >= 0.6 is 28.3 Å². The number of ether oxygens (including phenoxy) is 1. The van der Waals surface area contributed by atoms with Crippen molar-refractivity contribution in [3.05, 3.63) is 85.8 Å². The molecule has 0 atom stereocenters. The number of nitrogens with zero attached hydrogens (tertiary/aromatic N) is 3. The number of amides is 1. The average molecular weight is 545 g/mol. The molecule has 0 fully saturated rings. The smallest absolute Gasteiger partial charge is 0.269 e. The van der Waals surface area contributed by atoms with E-state index in [-0.39, 0.29) is 53.4 Å². The van der Waals surface area contributed by atoms with Crippen LogP contribution in [-0.4, -0.2) is 27.0 Å². The fraction of sp³-hybridized carbons (Fsp3) is 0.238. The lowest BCUT2D eigenvalue weighted by atomic mass is 10.2. The molecule has 0 unspecified atom stereocenters. The number of rotatable bonds is 9. The maximum Gasteiger partial charge on any atom is 0.269 e. The molecule has 12 heteroatoms. The quantitative estimate of drug-likeness (QED) is 0.428. The highest BCUT2D eigenvalue weighted by Crippen LogP contribution is 2.24. The van der Waals surface area contributed by atoms with Crippen molar-refractivity contribution in [2.45, 2.75) is 26.6 Å². The number of hydrogen-bond acceptors (Lipinski definition) is 6. The molecule has 3 N–H and O–H groups in total. The summed E-state index contributed by atoms with van der Waals surface area (Å²) in [5, 5.41) is 2.84. The number of pyridine rings is 1. The molecule has 8 nitrogen and oxygen atoms in total. The standard InChI is InChI=1S/C21H20BrF2N5O3.ClH/c1-12-4-18(32-11-13-2-3-14(23)5-17(13)24)20(22)21(31)29(12)10-16-8-27-15(7-28-16)6-26-9-19(25)30;/h2-5,7-8,26H,6,9-11H2,1H3,(H2,25,30);1H. The van der Waals surface area contributed by atoms with Crippen LogP contribution in [0.2, 0.25) is 0 Å². The van der Waals surface area contributed by atoms with Gasteiger partial charge in [0.15, 0.2) is 0 Å². The first-order valence-electron chi connectivity index (χ1n) is 9.50. The predicted octanol–water partition coefficient (Wildman–Crippen LogP) is 2.61. The number of hydrogen-bond donors (Lipinski definition) is 2. The van der Waals surface area contributed by atoms with Crippen LogP contribution in [0.15, 0.2) is 45.9 Å². The Balaban J connectivity index is 0.00000385. The highest BCUT2D eigenvalue weighted by molar-refractivity contribution is 9.10. The van der Waals surface area contributed by atoms with Gasteiger partial charge < -0.3 is 20.4 Å². The fourth-order valence-electron chi connectivity index (χ4n) is 2.84. The zero-order chi connectivity index (χ0) is 23.3. The zero-order valence-corrected chi connectivity index (χ0v) is 19.9. The molecule has 0 spiro atoms. The lowest BCUT2D eigenvalue weighted by Gasteiger charge is -2.14. The van der Waals surface area contributed by atoms with Gasteiger partial charge in [0.1, 0.15) is 28.5 Å². The van der Waals surface area contributed by atoms with E-state index in [1.807, 2.05) is 0 Å². The van der Waals surface area contributed by atoms with Crippen molar-refractivity contribution in [3.8, 4) is 5.75 Å². The first-order valence-corrected chi connectivity index (χ1v) is 10.3. The number of carbonyl (C=O) groups excluding carboxylic acids is 1. The van der Waals surface area contributed by atoms with Crippen LogP contribution in [0.5, 0.6) is 5.75 Å². The number of aromatic nitrogens is 3. The predicted molar refractivity (Wildman–Crippen MR) is 123 cm³/mol. The van der Waals surface area contributed by atoms with Crippen LogP contribution in [0.4, 0.5) is 8.78 Å². The van der Waals surface area contributed by atoms with E-state index in [1.54, 1.807) is 25.4 Å². The van der Waals surface area contributed by atoms with Crippen LogP contribution in [0.25, 0.3) is 0 Å². The highest BCUT2D eigenvalue weighted by Gasteiger charge is 2.14. The Morgan fingerprint density at radius 1 is 1.21 bits per heavy atom. The van der Waals surface area contributed by atoms with Crippen LogP contribution in [0.1, 0.15) is 22.6 Å². The van der Waals surface area contributed by atoms with Gasteiger partial charge in [-0.05, 0) is 35.0 Å². The molecule has 0 bridgehead atoms. The zero-order valence-electron chi connectivity index (χ0n) is 17.5. The Hall–Kier alpha value is -2.89. The van der Waals surface area contributed by atoms with E-state index in [2.05, 4.69) is 31.2 Å². The van der Waals surface area contributed by atoms with Crippen molar-refractivity contribution >= 4 is 34.2 Å². The Labute approximate surface area is 202 Å². The number of carbonyl (C=O) groups is 1. The maximum atomic E-state index is 13.8. The van der Waals surface area contributed by atoms with Gasteiger partial charge in [-0.3, -0.25) is 19.6 Å². The normalized spacial score (nSPS) is 10.5. The van der Waals surface area contributed by atoms with Crippen LogP contribution in [0.3, 0.4) is 0 Å². The molecule has 2 aromatic heterocycles. The van der Waals surface area contributed by atoms with E-state index >= 15 is 0 Å². The minimum atomic E-state index is -0.724. The van der Waals surface area contributed by atoms with Crippen molar-refractivity contribution < 1.29 is 18.3 Å². The third-order valence-electron chi connectivity index (χ3n) is 4.50. The van der Waals surface area contributed by atoms with Crippen LogP contribution in [-0.2, 0) is 24.5 Å². The molecule has 33 heavy (non-hydrogen) atoms.